The molecule has 0 unspecified atom stereocenters. The molecule has 0 fully saturated rings. The summed E-state index contributed by atoms with van der Waals surface area (Å²) in [4.78, 5) is 0. The summed E-state index contributed by atoms with van der Waals surface area (Å²) in [5, 5.41) is 0. The van der Waals surface area contributed by atoms with E-state index in [1.54, 1.807) is 0 Å². The van der Waals surface area contributed by atoms with Gasteiger partial charge < -0.3 is 0 Å². The number of nitrogens with zero attached hydrogens (tertiary/aromatic N) is 1. The number of hydrogen-bond acceptors (Lipinski definition) is 1. The van der Waals surface area contributed by atoms with Gasteiger partial charge in [-0.3, -0.25) is 0 Å². The molecule has 0 amide bonds. The van der Waals surface area contributed by atoms with Gasteiger partial charge in [-0.2, -0.15) is 0 Å². The van der Waals surface area contributed by atoms with Gasteiger partial charge >= 0.3 is 44.0 Å². The first-order chi connectivity index (χ1) is 2.64. The summed E-state index contributed by atoms with van der Waals surface area (Å²) in [6.07, 6.45) is 0. The molecular weight excluding hydrogens is 135 g/mol. The molecular formula is C4H13GeN. The Morgan fingerprint density at radius 3 is 1.33 bits per heavy atom. The Balaban J connectivity index is 2.99. The van der Waals surface area contributed by atoms with Gasteiger partial charge in [-0.25, -0.2) is 0 Å². The standard InChI is InChI=1S/C4H13GeN/c1-5(2)6(3)4/h5H,1-4H3. The zero-order valence-electron chi connectivity index (χ0n) is 5.02. The fourth-order valence-electron chi connectivity index (χ4n) is 0. The first-order valence-electron chi connectivity index (χ1n) is 2.31. The molecule has 0 aromatic heterocycles. The summed E-state index contributed by atoms with van der Waals surface area (Å²) >= 11 is -0.794. The van der Waals surface area contributed by atoms with Crippen LogP contribution in [0, 0.1) is 0 Å². The van der Waals surface area contributed by atoms with E-state index in [1.807, 2.05) is 0 Å². The van der Waals surface area contributed by atoms with Crippen LogP contribution in [0.1, 0.15) is 0 Å². The molecule has 0 heterocycles. The predicted molar refractivity (Wildman–Crippen MR) is 32.6 cm³/mol. The fourth-order valence-corrected chi connectivity index (χ4v) is 0. The summed E-state index contributed by atoms with van der Waals surface area (Å²) in [5.74, 6) is 4.71. The van der Waals surface area contributed by atoms with Crippen LogP contribution in [0.3, 0.4) is 0 Å². The zero-order valence-corrected chi connectivity index (χ0v) is 7.45. The second-order valence-corrected chi connectivity index (χ2v) is 8.81. The molecule has 0 rings (SSSR count). The summed E-state index contributed by atoms with van der Waals surface area (Å²) in [7, 11) is 4.31. The Bertz CT molecular complexity index is 28.5. The summed E-state index contributed by atoms with van der Waals surface area (Å²) in [6, 6.07) is 0. The van der Waals surface area contributed by atoms with E-state index >= 15 is 0 Å². The van der Waals surface area contributed by atoms with Crippen molar-refractivity contribution in [2.24, 2.45) is 0 Å². The van der Waals surface area contributed by atoms with Crippen molar-refractivity contribution < 1.29 is 0 Å². The monoisotopic (exact) mass is 149 g/mol. The molecule has 0 saturated carbocycles. The van der Waals surface area contributed by atoms with Crippen molar-refractivity contribution in [2.75, 3.05) is 14.1 Å². The van der Waals surface area contributed by atoms with Crippen LogP contribution in [0.2, 0.25) is 11.5 Å². The topological polar surface area (TPSA) is 3.24 Å². The Kier molecular flexibility index (Phi) is 2.86. The van der Waals surface area contributed by atoms with Gasteiger partial charge in [0, 0.05) is 0 Å². The second kappa shape index (κ2) is 2.64. The van der Waals surface area contributed by atoms with E-state index in [4.69, 9.17) is 0 Å². The molecule has 0 aliphatic carbocycles. The van der Waals surface area contributed by atoms with Crippen molar-refractivity contribution in [3.8, 4) is 0 Å². The Morgan fingerprint density at radius 2 is 1.33 bits per heavy atom. The van der Waals surface area contributed by atoms with Gasteiger partial charge in [0.2, 0.25) is 0 Å². The molecule has 0 aliphatic rings. The summed E-state index contributed by atoms with van der Waals surface area (Å²) in [5.41, 5.74) is 0. The van der Waals surface area contributed by atoms with Crippen LogP contribution >= 0.6 is 0 Å². The average molecular weight is 148 g/mol. The zero-order chi connectivity index (χ0) is 5.15. The van der Waals surface area contributed by atoms with Gasteiger partial charge in [0.25, 0.3) is 0 Å². The van der Waals surface area contributed by atoms with Crippen molar-refractivity contribution in [1.82, 2.24) is 3.86 Å². The van der Waals surface area contributed by atoms with Gasteiger partial charge in [0.1, 0.15) is 0 Å². The van der Waals surface area contributed by atoms with Gasteiger partial charge in [-0.15, -0.1) is 0 Å². The molecule has 0 atom stereocenters. The van der Waals surface area contributed by atoms with Crippen molar-refractivity contribution in [1.29, 1.82) is 0 Å². The molecule has 0 saturated heterocycles. The van der Waals surface area contributed by atoms with E-state index in [0.717, 1.165) is 0 Å². The third kappa shape index (κ3) is 2.72. The predicted octanol–water partition coefficient (Wildman–Crippen LogP) is 0.531. The van der Waals surface area contributed by atoms with E-state index < -0.39 is 14.6 Å². The maximum absolute atomic E-state index is 2.35. The SMILES string of the molecule is C[N](C)[GeH]([CH3])[CH3]. The molecule has 0 radical (unpaired) electrons. The fraction of sp³-hybridized carbons (Fsp3) is 1.00. The third-order valence-corrected chi connectivity index (χ3v) is 5.37. The van der Waals surface area contributed by atoms with Crippen LogP contribution in [0.25, 0.3) is 0 Å². The number of hydrogen-bond donors (Lipinski definition) is 0. The summed E-state index contributed by atoms with van der Waals surface area (Å²) in [6.45, 7) is 0. The van der Waals surface area contributed by atoms with E-state index in [9.17, 15) is 0 Å². The van der Waals surface area contributed by atoms with E-state index in [0.29, 0.717) is 0 Å². The van der Waals surface area contributed by atoms with Gasteiger partial charge in [-0.05, 0) is 0 Å². The second-order valence-electron chi connectivity index (χ2n) is 2.06. The molecule has 0 N–H and O–H groups in total. The molecule has 38 valence electrons. The average Bonchev–Trinajstić information content (AvgIpc) is 1.36. The Morgan fingerprint density at radius 1 is 1.17 bits per heavy atom. The van der Waals surface area contributed by atoms with E-state index in [2.05, 4.69) is 29.5 Å². The van der Waals surface area contributed by atoms with Crippen LogP contribution in [-0.2, 0) is 0 Å². The van der Waals surface area contributed by atoms with Gasteiger partial charge in [0.15, 0.2) is 0 Å². The molecule has 2 heteroatoms. The Hall–Kier alpha value is 0.503. The molecule has 0 aromatic carbocycles. The molecule has 0 aromatic rings. The minimum absolute atomic E-state index is 0.794. The first kappa shape index (κ1) is 6.50. The number of rotatable bonds is 1. The van der Waals surface area contributed by atoms with Crippen LogP contribution < -0.4 is 0 Å². The van der Waals surface area contributed by atoms with Crippen LogP contribution in [-0.4, -0.2) is 32.5 Å². The molecule has 0 bridgehead atoms. The molecule has 0 aliphatic heterocycles. The van der Waals surface area contributed by atoms with E-state index in [1.165, 1.54) is 0 Å². The van der Waals surface area contributed by atoms with Crippen molar-refractivity contribution in [3.63, 3.8) is 0 Å². The molecule has 0 spiro atoms. The Labute approximate surface area is 44.7 Å². The van der Waals surface area contributed by atoms with Gasteiger partial charge in [0.05, 0.1) is 0 Å². The molecule has 1 nitrogen and oxygen atoms in total. The normalized spacial score (nSPS) is 11.0. The van der Waals surface area contributed by atoms with Crippen LogP contribution in [0.15, 0.2) is 0 Å². The van der Waals surface area contributed by atoms with Gasteiger partial charge in [-0.1, -0.05) is 0 Å². The third-order valence-electron chi connectivity index (χ3n) is 1.03. The van der Waals surface area contributed by atoms with Crippen LogP contribution in [0.4, 0.5) is 0 Å². The minimum atomic E-state index is -0.794. The quantitative estimate of drug-likeness (QED) is 0.490. The maximum atomic E-state index is 2.35. The van der Waals surface area contributed by atoms with Crippen LogP contribution in [0.5, 0.6) is 0 Å². The van der Waals surface area contributed by atoms with E-state index in [-0.39, 0.29) is 0 Å². The first-order valence-corrected chi connectivity index (χ1v) is 8.24. The van der Waals surface area contributed by atoms with Crippen molar-refractivity contribution in [2.45, 2.75) is 11.5 Å². The van der Waals surface area contributed by atoms with Crippen molar-refractivity contribution >= 4 is 14.6 Å². The summed E-state index contributed by atoms with van der Waals surface area (Å²) < 4.78 is 2.35. The molecule has 6 heavy (non-hydrogen) atoms. The van der Waals surface area contributed by atoms with Crippen molar-refractivity contribution in [3.05, 3.63) is 0 Å².